The van der Waals surface area contributed by atoms with Crippen molar-refractivity contribution in [2.45, 2.75) is 33.1 Å². The number of carbonyl (C=O) groups excluding carboxylic acids is 1. The summed E-state index contributed by atoms with van der Waals surface area (Å²) in [5.41, 5.74) is 0. The number of amides is 1. The van der Waals surface area contributed by atoms with Crippen LogP contribution in [-0.4, -0.2) is 33.9 Å². The van der Waals surface area contributed by atoms with Crippen molar-refractivity contribution in [2.75, 3.05) is 13.1 Å². The van der Waals surface area contributed by atoms with E-state index >= 15 is 0 Å². The molecule has 2 heterocycles. The molecular formula is C11H19N3O. The molecule has 4 nitrogen and oxygen atoms in total. The second kappa shape index (κ2) is 6.22. The Morgan fingerprint density at radius 3 is 2.53 bits per heavy atom. The summed E-state index contributed by atoms with van der Waals surface area (Å²) in [6.07, 6.45) is 6.76. The van der Waals surface area contributed by atoms with Gasteiger partial charge in [0.05, 0.1) is 0 Å². The highest BCUT2D eigenvalue weighted by Crippen LogP contribution is 2.10. The maximum absolute atomic E-state index is 11.7. The quantitative estimate of drug-likeness (QED) is 0.769. The number of rotatable bonds is 1. The van der Waals surface area contributed by atoms with E-state index < -0.39 is 0 Å². The first kappa shape index (κ1) is 11.8. The third-order valence-corrected chi connectivity index (χ3v) is 2.34. The minimum absolute atomic E-state index is 0.0321. The maximum atomic E-state index is 11.7. The van der Waals surface area contributed by atoms with Crippen LogP contribution in [0.1, 0.15) is 43.7 Å². The van der Waals surface area contributed by atoms with E-state index in [1.165, 1.54) is 6.42 Å². The predicted molar refractivity (Wildman–Crippen MR) is 59.7 cm³/mol. The van der Waals surface area contributed by atoms with E-state index in [-0.39, 0.29) is 5.91 Å². The Bertz CT molecular complexity index is 276. The van der Waals surface area contributed by atoms with Gasteiger partial charge in [0, 0.05) is 25.5 Å². The van der Waals surface area contributed by atoms with Crippen molar-refractivity contribution >= 4 is 5.91 Å². The number of aromatic nitrogens is 2. The number of hydrogen-bond acceptors (Lipinski definition) is 2. The van der Waals surface area contributed by atoms with E-state index in [0.29, 0.717) is 5.82 Å². The average molecular weight is 209 g/mol. The van der Waals surface area contributed by atoms with Crippen molar-refractivity contribution in [1.29, 1.82) is 0 Å². The Balaban J connectivity index is 0.000000531. The van der Waals surface area contributed by atoms with Gasteiger partial charge >= 0.3 is 0 Å². The fourth-order valence-corrected chi connectivity index (χ4v) is 1.63. The molecule has 0 aromatic carbocycles. The van der Waals surface area contributed by atoms with E-state index in [2.05, 4.69) is 9.97 Å². The fourth-order valence-electron chi connectivity index (χ4n) is 1.63. The second-order valence-corrected chi connectivity index (χ2v) is 3.29. The topological polar surface area (TPSA) is 49.0 Å². The molecule has 84 valence electrons. The molecule has 1 N–H and O–H groups in total. The van der Waals surface area contributed by atoms with Crippen molar-refractivity contribution in [3.05, 3.63) is 18.2 Å². The normalized spacial score (nSPS) is 15.5. The lowest BCUT2D eigenvalue weighted by molar-refractivity contribution is 0.0713. The van der Waals surface area contributed by atoms with Gasteiger partial charge in [0.1, 0.15) is 0 Å². The molecule has 0 radical (unpaired) electrons. The van der Waals surface area contributed by atoms with Gasteiger partial charge in [0.2, 0.25) is 0 Å². The first-order valence-electron chi connectivity index (χ1n) is 5.66. The third kappa shape index (κ3) is 3.08. The van der Waals surface area contributed by atoms with Crippen LogP contribution in [0.25, 0.3) is 0 Å². The van der Waals surface area contributed by atoms with Gasteiger partial charge in [-0.05, 0) is 19.3 Å². The van der Waals surface area contributed by atoms with Crippen LogP contribution in [0.3, 0.4) is 0 Å². The molecule has 0 aliphatic carbocycles. The number of carbonyl (C=O) groups is 1. The molecule has 2 rings (SSSR count). The van der Waals surface area contributed by atoms with Crippen molar-refractivity contribution in [1.82, 2.24) is 14.9 Å². The van der Waals surface area contributed by atoms with Gasteiger partial charge in [-0.15, -0.1) is 0 Å². The molecular weight excluding hydrogens is 190 g/mol. The summed E-state index contributed by atoms with van der Waals surface area (Å²) in [4.78, 5) is 20.3. The predicted octanol–water partition coefficient (Wildman–Crippen LogP) is 2.06. The number of piperidine rings is 1. The van der Waals surface area contributed by atoms with E-state index in [4.69, 9.17) is 0 Å². The molecule has 1 aliphatic rings. The van der Waals surface area contributed by atoms with E-state index in [0.717, 1.165) is 25.9 Å². The molecule has 0 bridgehead atoms. The Morgan fingerprint density at radius 2 is 2.00 bits per heavy atom. The number of imidazole rings is 1. The van der Waals surface area contributed by atoms with Gasteiger partial charge < -0.3 is 9.88 Å². The summed E-state index contributed by atoms with van der Waals surface area (Å²) in [6.45, 7) is 5.75. The van der Waals surface area contributed by atoms with Crippen LogP contribution in [0.4, 0.5) is 0 Å². The molecule has 0 atom stereocenters. The molecule has 0 unspecified atom stereocenters. The lowest BCUT2D eigenvalue weighted by Crippen LogP contribution is -2.36. The van der Waals surface area contributed by atoms with Crippen molar-refractivity contribution < 1.29 is 4.79 Å². The zero-order valence-corrected chi connectivity index (χ0v) is 9.49. The smallest absolute Gasteiger partial charge is 0.289 e. The summed E-state index contributed by atoms with van der Waals surface area (Å²) in [7, 11) is 0. The molecule has 0 saturated carbocycles. The second-order valence-electron chi connectivity index (χ2n) is 3.29. The van der Waals surface area contributed by atoms with Gasteiger partial charge in [0.25, 0.3) is 5.91 Å². The number of aromatic amines is 1. The van der Waals surface area contributed by atoms with Crippen LogP contribution in [-0.2, 0) is 0 Å². The van der Waals surface area contributed by atoms with E-state index in [1.807, 2.05) is 18.7 Å². The summed E-state index contributed by atoms with van der Waals surface area (Å²) in [5.74, 6) is 0.492. The molecule has 1 saturated heterocycles. The summed E-state index contributed by atoms with van der Waals surface area (Å²) >= 11 is 0. The zero-order valence-electron chi connectivity index (χ0n) is 9.49. The standard InChI is InChI=1S/C9H13N3O.C2H6/c13-9(8-10-4-5-11-8)12-6-2-1-3-7-12;1-2/h4-5H,1-3,6-7H2,(H,10,11);1-2H3. The highest BCUT2D eigenvalue weighted by Gasteiger charge is 2.19. The molecule has 1 amide bonds. The largest absolute Gasteiger partial charge is 0.341 e. The molecule has 4 heteroatoms. The van der Waals surface area contributed by atoms with Crippen LogP contribution in [0.2, 0.25) is 0 Å². The van der Waals surface area contributed by atoms with Gasteiger partial charge in [-0.2, -0.15) is 0 Å². The van der Waals surface area contributed by atoms with Crippen molar-refractivity contribution in [2.24, 2.45) is 0 Å². The number of nitrogens with one attached hydrogen (secondary N) is 1. The zero-order chi connectivity index (χ0) is 11.1. The Labute approximate surface area is 90.7 Å². The van der Waals surface area contributed by atoms with Gasteiger partial charge in [-0.1, -0.05) is 13.8 Å². The number of nitrogens with zero attached hydrogens (tertiary/aromatic N) is 2. The van der Waals surface area contributed by atoms with Gasteiger partial charge in [-0.3, -0.25) is 4.79 Å². The molecule has 15 heavy (non-hydrogen) atoms. The SMILES string of the molecule is CC.O=C(c1ncc[nH]1)N1CCCCC1. The highest BCUT2D eigenvalue weighted by molar-refractivity contribution is 5.90. The fraction of sp³-hybridized carbons (Fsp3) is 0.636. The summed E-state index contributed by atoms with van der Waals surface area (Å²) < 4.78 is 0. The minimum Gasteiger partial charge on any atom is -0.341 e. The minimum atomic E-state index is 0.0321. The maximum Gasteiger partial charge on any atom is 0.289 e. The number of H-pyrrole nitrogens is 1. The van der Waals surface area contributed by atoms with Gasteiger partial charge in [-0.25, -0.2) is 4.98 Å². The lowest BCUT2D eigenvalue weighted by Gasteiger charge is -2.25. The van der Waals surface area contributed by atoms with Crippen molar-refractivity contribution in [3.63, 3.8) is 0 Å². The molecule has 0 spiro atoms. The van der Waals surface area contributed by atoms with Gasteiger partial charge in [0.15, 0.2) is 5.82 Å². The molecule has 1 fully saturated rings. The first-order chi connectivity index (χ1) is 7.38. The molecule has 1 aromatic heterocycles. The monoisotopic (exact) mass is 209 g/mol. The van der Waals surface area contributed by atoms with Crippen LogP contribution in [0, 0.1) is 0 Å². The van der Waals surface area contributed by atoms with E-state index in [9.17, 15) is 4.79 Å². The molecule has 1 aromatic rings. The third-order valence-electron chi connectivity index (χ3n) is 2.34. The Kier molecular flexibility index (Phi) is 4.87. The molecule has 1 aliphatic heterocycles. The Hall–Kier alpha value is -1.32. The van der Waals surface area contributed by atoms with Crippen LogP contribution >= 0.6 is 0 Å². The summed E-state index contributed by atoms with van der Waals surface area (Å²) in [6, 6.07) is 0. The van der Waals surface area contributed by atoms with Crippen LogP contribution in [0.5, 0.6) is 0 Å². The number of likely N-dealkylation sites (tertiary alicyclic amines) is 1. The van der Waals surface area contributed by atoms with Crippen molar-refractivity contribution in [3.8, 4) is 0 Å². The lowest BCUT2D eigenvalue weighted by atomic mass is 10.1. The first-order valence-corrected chi connectivity index (χ1v) is 5.66. The Morgan fingerprint density at radius 1 is 1.33 bits per heavy atom. The number of hydrogen-bond donors (Lipinski definition) is 1. The van der Waals surface area contributed by atoms with Crippen LogP contribution < -0.4 is 0 Å². The van der Waals surface area contributed by atoms with Crippen LogP contribution in [0.15, 0.2) is 12.4 Å². The average Bonchev–Trinajstić information content (AvgIpc) is 2.85. The summed E-state index contributed by atoms with van der Waals surface area (Å²) in [5, 5.41) is 0. The highest BCUT2D eigenvalue weighted by atomic mass is 16.2. The van der Waals surface area contributed by atoms with E-state index in [1.54, 1.807) is 12.4 Å².